The summed E-state index contributed by atoms with van der Waals surface area (Å²) in [5, 5.41) is 10.9. The Balaban J connectivity index is 2.93. The van der Waals surface area contributed by atoms with Gasteiger partial charge in [-0.2, -0.15) is 0 Å². The van der Waals surface area contributed by atoms with E-state index in [2.05, 4.69) is 20.9 Å². The second-order valence-corrected chi connectivity index (χ2v) is 3.65. The molecule has 0 aromatic carbocycles. The summed E-state index contributed by atoms with van der Waals surface area (Å²) in [6.07, 6.45) is 1.64. The Morgan fingerprint density at radius 3 is 3.00 bits per heavy atom. The number of aromatic nitrogens is 2. The van der Waals surface area contributed by atoms with E-state index in [9.17, 15) is 10.1 Å². The van der Waals surface area contributed by atoms with Crippen molar-refractivity contribution in [2.75, 3.05) is 0 Å². The maximum absolute atomic E-state index is 10.6. The summed E-state index contributed by atoms with van der Waals surface area (Å²) in [5.41, 5.74) is 0.297. The molecule has 0 atom stereocenters. The Kier molecular flexibility index (Phi) is 2.16. The highest BCUT2D eigenvalue weighted by Gasteiger charge is 2.22. The molecule has 2 aromatic heterocycles. The molecule has 0 aliphatic rings. The van der Waals surface area contributed by atoms with Crippen LogP contribution in [0.1, 0.15) is 0 Å². The van der Waals surface area contributed by atoms with Gasteiger partial charge in [0.1, 0.15) is 0 Å². The lowest BCUT2D eigenvalue weighted by Gasteiger charge is -1.94. The van der Waals surface area contributed by atoms with E-state index >= 15 is 0 Å². The minimum absolute atomic E-state index is 0.248. The summed E-state index contributed by atoms with van der Waals surface area (Å²) in [4.78, 5) is 13.8. The van der Waals surface area contributed by atoms with Gasteiger partial charge in [-0.3, -0.25) is 4.40 Å². The van der Waals surface area contributed by atoms with Crippen LogP contribution in [0.25, 0.3) is 5.52 Å². The molecule has 14 heavy (non-hydrogen) atoms. The molecule has 0 saturated carbocycles. The molecule has 0 bridgehead atoms. The molecule has 0 saturated heterocycles. The van der Waals surface area contributed by atoms with Gasteiger partial charge in [-0.05, 0) is 22.0 Å². The Morgan fingerprint density at radius 2 is 2.36 bits per heavy atom. The van der Waals surface area contributed by atoms with E-state index < -0.39 is 4.92 Å². The summed E-state index contributed by atoms with van der Waals surface area (Å²) in [6, 6.07) is 3.27. The highest BCUT2D eigenvalue weighted by Crippen LogP contribution is 2.29. The highest BCUT2D eigenvalue weighted by molar-refractivity contribution is 9.10. The lowest BCUT2D eigenvalue weighted by Crippen LogP contribution is -1.89. The van der Waals surface area contributed by atoms with Crippen LogP contribution in [-0.2, 0) is 0 Å². The van der Waals surface area contributed by atoms with Crippen molar-refractivity contribution in [1.82, 2.24) is 9.38 Å². The molecule has 2 rings (SSSR count). The van der Waals surface area contributed by atoms with Gasteiger partial charge in [0.15, 0.2) is 5.52 Å². The molecule has 2 aromatic rings. The van der Waals surface area contributed by atoms with E-state index in [1.54, 1.807) is 18.3 Å². The molecule has 2 heterocycles. The molecule has 0 aliphatic heterocycles. The zero-order chi connectivity index (χ0) is 10.3. The van der Waals surface area contributed by atoms with Crippen molar-refractivity contribution in [3.05, 3.63) is 38.2 Å². The standard InChI is InChI=1S/C7H3BrClN3O2/c8-7-10-6(12(13)14)5-4(9)2-1-3-11(5)7/h1-3H. The third-order valence-electron chi connectivity index (χ3n) is 1.73. The van der Waals surface area contributed by atoms with Crippen LogP contribution in [-0.4, -0.2) is 14.3 Å². The molecule has 7 heteroatoms. The minimum atomic E-state index is -0.564. The van der Waals surface area contributed by atoms with Crippen LogP contribution in [0.4, 0.5) is 5.82 Å². The molecule has 0 amide bonds. The van der Waals surface area contributed by atoms with Gasteiger partial charge in [0.05, 0.1) is 5.02 Å². The first kappa shape index (κ1) is 9.42. The Bertz CT molecular complexity index is 525. The molecule has 0 aliphatic carbocycles. The lowest BCUT2D eigenvalue weighted by atomic mass is 10.4. The predicted molar refractivity (Wildman–Crippen MR) is 54.6 cm³/mol. The molecule has 0 radical (unpaired) electrons. The van der Waals surface area contributed by atoms with E-state index in [0.29, 0.717) is 15.3 Å². The fourth-order valence-corrected chi connectivity index (χ4v) is 1.88. The van der Waals surface area contributed by atoms with Crippen LogP contribution in [0.5, 0.6) is 0 Å². The van der Waals surface area contributed by atoms with Crippen molar-refractivity contribution in [2.45, 2.75) is 0 Å². The first-order valence-electron chi connectivity index (χ1n) is 3.57. The molecule has 0 fully saturated rings. The second kappa shape index (κ2) is 3.21. The van der Waals surface area contributed by atoms with E-state index in [1.165, 1.54) is 4.40 Å². The van der Waals surface area contributed by atoms with Crippen molar-refractivity contribution >= 4 is 38.9 Å². The van der Waals surface area contributed by atoms with Gasteiger partial charge < -0.3 is 10.1 Å². The SMILES string of the molecule is O=[N+]([O-])c1nc(Br)n2cccc(Cl)c12. The van der Waals surface area contributed by atoms with Crippen molar-refractivity contribution < 1.29 is 4.92 Å². The van der Waals surface area contributed by atoms with Crippen LogP contribution in [0.2, 0.25) is 5.02 Å². The zero-order valence-corrected chi connectivity index (χ0v) is 8.99. The highest BCUT2D eigenvalue weighted by atomic mass is 79.9. The number of hydrogen-bond acceptors (Lipinski definition) is 3. The van der Waals surface area contributed by atoms with Crippen molar-refractivity contribution in [2.24, 2.45) is 0 Å². The molecule has 5 nitrogen and oxygen atoms in total. The van der Waals surface area contributed by atoms with E-state index in [1.807, 2.05) is 0 Å². The van der Waals surface area contributed by atoms with Gasteiger partial charge in [-0.15, -0.1) is 0 Å². The third-order valence-corrected chi connectivity index (χ3v) is 2.59. The smallest absolute Gasteiger partial charge is 0.358 e. The van der Waals surface area contributed by atoms with Crippen molar-refractivity contribution in [3.63, 3.8) is 0 Å². The van der Waals surface area contributed by atoms with Crippen LogP contribution < -0.4 is 0 Å². The molecular formula is C7H3BrClN3O2. The van der Waals surface area contributed by atoms with E-state index in [0.717, 1.165) is 0 Å². The van der Waals surface area contributed by atoms with Crippen LogP contribution >= 0.6 is 27.5 Å². The van der Waals surface area contributed by atoms with Crippen molar-refractivity contribution in [3.8, 4) is 0 Å². The van der Waals surface area contributed by atoms with Gasteiger partial charge in [0.2, 0.25) is 0 Å². The van der Waals surface area contributed by atoms with Crippen molar-refractivity contribution in [1.29, 1.82) is 0 Å². The molecular weight excluding hydrogens is 273 g/mol. The van der Waals surface area contributed by atoms with E-state index in [-0.39, 0.29) is 5.82 Å². The Labute approximate surface area is 91.6 Å². The quantitative estimate of drug-likeness (QED) is 0.594. The third kappa shape index (κ3) is 1.27. The zero-order valence-electron chi connectivity index (χ0n) is 6.65. The number of rotatable bonds is 1. The first-order chi connectivity index (χ1) is 6.61. The number of fused-ring (bicyclic) bond motifs is 1. The summed E-state index contributed by atoms with van der Waals surface area (Å²) < 4.78 is 1.88. The lowest BCUT2D eigenvalue weighted by molar-refractivity contribution is -0.387. The number of halogens is 2. The average Bonchev–Trinajstić information content (AvgIpc) is 2.46. The monoisotopic (exact) mass is 275 g/mol. The fraction of sp³-hybridized carbons (Fsp3) is 0. The van der Waals surface area contributed by atoms with Gasteiger partial charge in [-0.1, -0.05) is 11.6 Å². The summed E-state index contributed by atoms with van der Waals surface area (Å²) in [5.74, 6) is -0.248. The van der Waals surface area contributed by atoms with Crippen LogP contribution in [0, 0.1) is 10.1 Å². The van der Waals surface area contributed by atoms with Gasteiger partial charge in [0.25, 0.3) is 4.73 Å². The number of nitro groups is 1. The Hall–Kier alpha value is -1.14. The number of imidazole rings is 1. The maximum Gasteiger partial charge on any atom is 0.392 e. The van der Waals surface area contributed by atoms with Gasteiger partial charge in [0, 0.05) is 22.1 Å². The minimum Gasteiger partial charge on any atom is -0.358 e. The summed E-state index contributed by atoms with van der Waals surface area (Å²) >= 11 is 8.94. The van der Waals surface area contributed by atoms with Crippen LogP contribution in [0.15, 0.2) is 23.1 Å². The molecule has 72 valence electrons. The predicted octanol–water partition coefficient (Wildman–Crippen LogP) is 2.66. The summed E-state index contributed by atoms with van der Waals surface area (Å²) in [7, 11) is 0. The summed E-state index contributed by atoms with van der Waals surface area (Å²) in [6.45, 7) is 0. The molecule has 0 N–H and O–H groups in total. The van der Waals surface area contributed by atoms with Crippen LogP contribution in [0.3, 0.4) is 0 Å². The topological polar surface area (TPSA) is 60.4 Å². The second-order valence-electron chi connectivity index (χ2n) is 2.54. The Morgan fingerprint density at radius 1 is 1.64 bits per heavy atom. The largest absolute Gasteiger partial charge is 0.392 e. The molecule has 0 unspecified atom stereocenters. The van der Waals surface area contributed by atoms with Gasteiger partial charge in [-0.25, -0.2) is 0 Å². The maximum atomic E-state index is 10.6. The average molecular weight is 276 g/mol. The number of pyridine rings is 1. The van der Waals surface area contributed by atoms with Gasteiger partial charge >= 0.3 is 5.82 Å². The normalized spacial score (nSPS) is 10.7. The fourth-order valence-electron chi connectivity index (χ4n) is 1.17. The number of hydrogen-bond donors (Lipinski definition) is 0. The molecule has 0 spiro atoms. The first-order valence-corrected chi connectivity index (χ1v) is 4.75. The van der Waals surface area contributed by atoms with E-state index in [4.69, 9.17) is 11.6 Å². The number of nitrogens with zero attached hydrogens (tertiary/aromatic N) is 3.